The number of hydrogen-bond donors (Lipinski definition) is 2. The minimum absolute atomic E-state index is 0.0879. The van der Waals surface area contributed by atoms with Crippen molar-refractivity contribution >= 4 is 11.7 Å². The second kappa shape index (κ2) is 4.74. The largest absolute Gasteiger partial charge is 0.468 e. The highest BCUT2D eigenvalue weighted by atomic mass is 16.6. The molecule has 27 heavy (non-hydrogen) atoms. The molecule has 142 valence electrons. The Labute approximate surface area is 158 Å². The van der Waals surface area contributed by atoms with Crippen molar-refractivity contribution in [2.24, 2.45) is 11.3 Å². The van der Waals surface area contributed by atoms with Gasteiger partial charge in [-0.25, -0.2) is 0 Å². The van der Waals surface area contributed by atoms with Crippen LogP contribution in [0, 0.1) is 11.3 Å². The molecule has 6 nitrogen and oxygen atoms in total. The molecule has 1 saturated carbocycles. The Morgan fingerprint density at radius 1 is 1.44 bits per heavy atom. The standard InChI is InChI=1S/C21H24N2O4/c1-3-12-11-23-9-8-19-13-6-4-5-7-15(13)22-21(19,23)16-10-14(12)20(19,17(24)26-2)18(25)27-16/h3-7,14,16,18,22,25H,8-11H2,1-2H3/t14-,16+,18-,19-,20-,21-/m0/s1. The Bertz CT molecular complexity index is 900. The molecule has 5 saturated heterocycles. The van der Waals surface area contributed by atoms with Crippen LogP contribution in [0.3, 0.4) is 0 Å². The van der Waals surface area contributed by atoms with Crippen molar-refractivity contribution < 1.29 is 19.4 Å². The van der Waals surface area contributed by atoms with Crippen molar-refractivity contribution in [3.8, 4) is 0 Å². The number of carbonyl (C=O) groups is 1. The van der Waals surface area contributed by atoms with Gasteiger partial charge in [0.15, 0.2) is 6.29 Å². The van der Waals surface area contributed by atoms with Crippen LogP contribution >= 0.6 is 0 Å². The highest BCUT2D eigenvalue weighted by Gasteiger charge is 2.88. The number of para-hydroxylation sites is 1. The summed E-state index contributed by atoms with van der Waals surface area (Å²) in [6.07, 6.45) is 2.27. The third-order valence-electron chi connectivity index (χ3n) is 8.19. The van der Waals surface area contributed by atoms with Gasteiger partial charge in [-0.1, -0.05) is 29.8 Å². The smallest absolute Gasteiger partial charge is 0.318 e. The predicted octanol–water partition coefficient (Wildman–Crippen LogP) is 1.61. The van der Waals surface area contributed by atoms with Gasteiger partial charge in [-0.05, 0) is 31.4 Å². The minimum Gasteiger partial charge on any atom is -0.468 e. The maximum absolute atomic E-state index is 13.6. The number of anilines is 1. The number of benzene rings is 1. The van der Waals surface area contributed by atoms with E-state index in [2.05, 4.69) is 28.4 Å². The Kier molecular flexibility index (Phi) is 2.83. The van der Waals surface area contributed by atoms with Gasteiger partial charge in [0.1, 0.15) is 11.1 Å². The zero-order valence-electron chi connectivity index (χ0n) is 15.6. The first-order chi connectivity index (χ1) is 13.1. The number of allylic oxidation sites excluding steroid dienone is 1. The molecule has 7 aliphatic rings. The normalized spacial score (nSPS) is 49.5. The van der Waals surface area contributed by atoms with Crippen LogP contribution in [0.15, 0.2) is 35.9 Å². The van der Waals surface area contributed by atoms with E-state index < -0.39 is 22.8 Å². The third-order valence-corrected chi connectivity index (χ3v) is 8.19. The summed E-state index contributed by atoms with van der Waals surface area (Å²) in [5.74, 6) is -0.445. The minimum atomic E-state index is -1.18. The molecule has 6 bridgehead atoms. The molecular weight excluding hydrogens is 344 g/mol. The number of aliphatic hydroxyl groups excluding tert-OH is 1. The summed E-state index contributed by atoms with van der Waals surface area (Å²) >= 11 is 0. The molecule has 6 heteroatoms. The maximum atomic E-state index is 13.6. The topological polar surface area (TPSA) is 71.0 Å². The Hall–Kier alpha value is -1.89. The SMILES string of the molecule is CC=C1CN2CC[C@@]34c5ccccc5N[C@@]23[C@H]2C[C@@H]1[C@]4(C(=O)OC)[C@@H](O)O2. The molecule has 1 spiro atoms. The summed E-state index contributed by atoms with van der Waals surface area (Å²) in [6.45, 7) is 3.67. The zero-order chi connectivity index (χ0) is 18.6. The van der Waals surface area contributed by atoms with Crippen LogP contribution in [-0.4, -0.2) is 54.2 Å². The lowest BCUT2D eigenvalue weighted by Crippen LogP contribution is -2.81. The molecule has 7 atom stereocenters. The summed E-state index contributed by atoms with van der Waals surface area (Å²) < 4.78 is 11.5. The maximum Gasteiger partial charge on any atom is 0.318 e. The molecule has 0 amide bonds. The molecule has 1 aromatic carbocycles. The third kappa shape index (κ3) is 1.33. The number of fused-ring (bicyclic) bond motifs is 3. The van der Waals surface area contributed by atoms with Gasteiger partial charge in [0, 0.05) is 24.7 Å². The molecular formula is C21H24N2O4. The van der Waals surface area contributed by atoms with Crippen LogP contribution < -0.4 is 5.32 Å². The molecule has 1 aliphatic carbocycles. The lowest BCUT2D eigenvalue weighted by molar-refractivity contribution is -0.328. The summed E-state index contributed by atoms with van der Waals surface area (Å²) in [5.41, 5.74) is 1.13. The number of rotatable bonds is 1. The zero-order valence-corrected chi connectivity index (χ0v) is 15.6. The molecule has 6 aliphatic heterocycles. The second-order valence-electron chi connectivity index (χ2n) is 8.50. The molecule has 0 aromatic heterocycles. The molecule has 6 fully saturated rings. The van der Waals surface area contributed by atoms with Crippen molar-refractivity contribution in [3.05, 3.63) is 41.5 Å². The lowest BCUT2D eigenvalue weighted by atomic mass is 9.43. The van der Waals surface area contributed by atoms with Crippen LogP contribution in [-0.2, 0) is 19.7 Å². The number of esters is 1. The number of carbonyl (C=O) groups excluding carboxylic acids is 1. The van der Waals surface area contributed by atoms with Gasteiger partial charge in [0.2, 0.25) is 0 Å². The van der Waals surface area contributed by atoms with Gasteiger partial charge in [0.25, 0.3) is 0 Å². The van der Waals surface area contributed by atoms with E-state index in [4.69, 9.17) is 9.47 Å². The van der Waals surface area contributed by atoms with E-state index >= 15 is 0 Å². The van der Waals surface area contributed by atoms with Crippen LogP contribution in [0.2, 0.25) is 0 Å². The van der Waals surface area contributed by atoms with E-state index in [0.717, 1.165) is 30.8 Å². The van der Waals surface area contributed by atoms with E-state index in [-0.39, 0.29) is 18.0 Å². The van der Waals surface area contributed by atoms with Crippen LogP contribution in [0.4, 0.5) is 5.69 Å². The number of aliphatic hydroxyl groups is 1. The quantitative estimate of drug-likeness (QED) is 0.580. The van der Waals surface area contributed by atoms with E-state index in [1.807, 2.05) is 19.1 Å². The number of nitrogens with zero attached hydrogens (tertiary/aromatic N) is 1. The van der Waals surface area contributed by atoms with Crippen molar-refractivity contribution in [2.75, 3.05) is 25.5 Å². The van der Waals surface area contributed by atoms with Gasteiger partial charge >= 0.3 is 5.97 Å². The van der Waals surface area contributed by atoms with Crippen LogP contribution in [0.25, 0.3) is 0 Å². The first-order valence-electron chi connectivity index (χ1n) is 9.77. The van der Waals surface area contributed by atoms with E-state index in [1.165, 1.54) is 12.7 Å². The average molecular weight is 368 g/mol. The Balaban J connectivity index is 1.78. The van der Waals surface area contributed by atoms with E-state index in [1.54, 1.807) is 0 Å². The second-order valence-corrected chi connectivity index (χ2v) is 8.50. The molecule has 1 unspecified atom stereocenters. The summed E-state index contributed by atoms with van der Waals surface area (Å²) in [4.78, 5) is 16.0. The summed E-state index contributed by atoms with van der Waals surface area (Å²) in [5, 5.41) is 15.1. The monoisotopic (exact) mass is 368 g/mol. The Morgan fingerprint density at radius 2 is 2.26 bits per heavy atom. The van der Waals surface area contributed by atoms with Gasteiger partial charge in [-0.15, -0.1) is 0 Å². The first kappa shape index (κ1) is 16.1. The highest BCUT2D eigenvalue weighted by molar-refractivity contribution is 5.86. The first-order valence-corrected chi connectivity index (χ1v) is 9.77. The van der Waals surface area contributed by atoms with E-state index in [9.17, 15) is 9.90 Å². The fourth-order valence-corrected chi connectivity index (χ4v) is 7.46. The fourth-order valence-electron chi connectivity index (χ4n) is 7.46. The fraction of sp³-hybridized carbons (Fsp3) is 0.571. The number of methoxy groups -OCH3 is 1. The molecule has 2 N–H and O–H groups in total. The highest BCUT2D eigenvalue weighted by Crippen LogP contribution is 2.76. The van der Waals surface area contributed by atoms with Gasteiger partial charge in [-0.2, -0.15) is 0 Å². The number of ether oxygens (including phenoxy) is 2. The van der Waals surface area contributed by atoms with E-state index in [0.29, 0.717) is 6.42 Å². The lowest BCUT2D eigenvalue weighted by Gasteiger charge is -2.66. The number of hydrogen-bond acceptors (Lipinski definition) is 6. The van der Waals surface area contributed by atoms with Crippen molar-refractivity contribution in [3.63, 3.8) is 0 Å². The van der Waals surface area contributed by atoms with Crippen molar-refractivity contribution in [1.29, 1.82) is 0 Å². The van der Waals surface area contributed by atoms with Crippen LogP contribution in [0.5, 0.6) is 0 Å². The average Bonchev–Trinajstić information content (AvgIpc) is 3.12. The van der Waals surface area contributed by atoms with Crippen LogP contribution in [0.1, 0.15) is 25.3 Å². The molecule has 6 heterocycles. The molecule has 8 rings (SSSR count). The predicted molar refractivity (Wildman–Crippen MR) is 97.9 cm³/mol. The van der Waals surface area contributed by atoms with Gasteiger partial charge in [-0.3, -0.25) is 9.69 Å². The van der Waals surface area contributed by atoms with Gasteiger partial charge in [0.05, 0.1) is 18.6 Å². The van der Waals surface area contributed by atoms with Gasteiger partial charge < -0.3 is 19.9 Å². The number of nitrogens with one attached hydrogen (secondary N) is 1. The van der Waals surface area contributed by atoms with Crippen molar-refractivity contribution in [1.82, 2.24) is 4.90 Å². The summed E-state index contributed by atoms with van der Waals surface area (Å²) in [7, 11) is 1.42. The Morgan fingerprint density at radius 3 is 3.04 bits per heavy atom. The molecule has 1 aromatic rings. The summed E-state index contributed by atoms with van der Waals surface area (Å²) in [6, 6.07) is 8.23. The molecule has 0 radical (unpaired) electrons. The van der Waals surface area contributed by atoms with Crippen molar-refractivity contribution in [2.45, 2.75) is 43.2 Å².